The minimum Gasteiger partial charge on any atom is -0.479 e. The molecule has 3 rings (SSSR count). The quantitative estimate of drug-likeness (QED) is 0.301. The summed E-state index contributed by atoms with van der Waals surface area (Å²) in [5.74, 6) is -3.08. The number of aliphatic carboxylic acids is 2. The summed E-state index contributed by atoms with van der Waals surface area (Å²) >= 11 is 7.93. The molecule has 0 fully saturated rings. The molecule has 0 radical (unpaired) electrons. The van der Waals surface area contributed by atoms with Crippen molar-refractivity contribution in [3.8, 4) is 0 Å². The number of hydrogen-bond donors (Lipinski definition) is 3. The molecule has 0 aromatic heterocycles. The average Bonchev–Trinajstić information content (AvgIpc) is 2.81. The molecule has 4 N–H and O–H groups in total. The Hall–Kier alpha value is -2.80. The Kier molecular flexibility index (Phi) is 10.6. The molecule has 5 nitrogen and oxygen atoms in total. The van der Waals surface area contributed by atoms with Gasteiger partial charge in [0.05, 0.1) is 0 Å². The molecule has 180 valence electrons. The minimum absolute atomic E-state index is 0.173. The molecule has 0 bridgehead atoms. The molecule has 34 heavy (non-hydrogen) atoms. The van der Waals surface area contributed by atoms with Crippen molar-refractivity contribution in [2.45, 2.75) is 54.9 Å². The normalized spacial score (nSPS) is 10.8. The molecule has 0 aliphatic rings. The summed E-state index contributed by atoms with van der Waals surface area (Å²) in [6.45, 7) is 4.20. The van der Waals surface area contributed by atoms with Crippen LogP contribution in [0.5, 0.6) is 0 Å². The summed E-state index contributed by atoms with van der Waals surface area (Å²) in [7, 11) is 0. The fourth-order valence-electron chi connectivity index (χ4n) is 3.19. The van der Waals surface area contributed by atoms with Crippen LogP contribution in [0.2, 0.25) is 5.02 Å². The third-order valence-corrected chi connectivity index (χ3v) is 6.61. The SMILES string of the molecule is CCc1ccccc1.Cc1cccc(Sc2ccc(CCCC(N)(C(=O)O)C(=O)O)c(Cl)c2)c1. The van der Waals surface area contributed by atoms with E-state index in [0.717, 1.165) is 21.8 Å². The molecule has 3 aromatic carbocycles. The second-order valence-corrected chi connectivity index (χ2v) is 9.50. The lowest BCUT2D eigenvalue weighted by Gasteiger charge is -2.19. The molecule has 0 spiro atoms. The first kappa shape index (κ1) is 27.4. The van der Waals surface area contributed by atoms with Gasteiger partial charge in [0, 0.05) is 14.8 Å². The Morgan fingerprint density at radius 3 is 2.12 bits per heavy atom. The van der Waals surface area contributed by atoms with Gasteiger partial charge in [0.2, 0.25) is 5.54 Å². The Morgan fingerprint density at radius 1 is 0.941 bits per heavy atom. The van der Waals surface area contributed by atoms with Crippen molar-refractivity contribution in [3.63, 3.8) is 0 Å². The molecule has 0 unspecified atom stereocenters. The number of carboxylic acid groups (broad SMARTS) is 2. The predicted molar refractivity (Wildman–Crippen MR) is 138 cm³/mol. The van der Waals surface area contributed by atoms with Crippen LogP contribution in [0.1, 0.15) is 36.5 Å². The molecule has 0 atom stereocenters. The van der Waals surface area contributed by atoms with Gasteiger partial charge >= 0.3 is 11.9 Å². The van der Waals surface area contributed by atoms with E-state index in [2.05, 4.69) is 37.3 Å². The van der Waals surface area contributed by atoms with Gasteiger partial charge in [0.1, 0.15) is 0 Å². The standard InChI is InChI=1S/C19H20ClNO4S.C8H10/c1-12-4-2-6-14(10-12)26-15-8-7-13(16(20)11-15)5-3-9-19(21,17(22)23)18(24)25;1-2-8-6-4-3-5-7-8/h2,4,6-8,10-11H,3,5,9,21H2,1H3,(H,22,23)(H,24,25);3-7H,2H2,1H3. The number of benzene rings is 3. The Balaban J connectivity index is 0.000000430. The van der Waals surface area contributed by atoms with Crippen LogP contribution in [-0.2, 0) is 22.4 Å². The molecule has 0 aliphatic carbocycles. The van der Waals surface area contributed by atoms with Crippen LogP contribution in [0.4, 0.5) is 0 Å². The van der Waals surface area contributed by atoms with Crippen molar-refractivity contribution in [2.24, 2.45) is 5.73 Å². The summed E-state index contributed by atoms with van der Waals surface area (Å²) < 4.78 is 0. The van der Waals surface area contributed by atoms with E-state index >= 15 is 0 Å². The van der Waals surface area contributed by atoms with Crippen molar-refractivity contribution in [3.05, 3.63) is 94.5 Å². The van der Waals surface area contributed by atoms with Gasteiger partial charge in [-0.15, -0.1) is 0 Å². The number of carbonyl (C=O) groups is 2. The highest BCUT2D eigenvalue weighted by atomic mass is 35.5. The Morgan fingerprint density at radius 2 is 1.59 bits per heavy atom. The predicted octanol–water partition coefficient (Wildman–Crippen LogP) is 6.24. The van der Waals surface area contributed by atoms with Crippen LogP contribution < -0.4 is 5.73 Å². The van der Waals surface area contributed by atoms with Crippen molar-refractivity contribution in [1.82, 2.24) is 0 Å². The van der Waals surface area contributed by atoms with Gasteiger partial charge < -0.3 is 15.9 Å². The second kappa shape index (κ2) is 13.2. The molecule has 7 heteroatoms. The van der Waals surface area contributed by atoms with Gasteiger partial charge in [-0.25, -0.2) is 9.59 Å². The lowest BCUT2D eigenvalue weighted by atomic mass is 9.93. The van der Waals surface area contributed by atoms with E-state index in [-0.39, 0.29) is 6.42 Å². The first-order chi connectivity index (χ1) is 16.2. The molecule has 0 saturated heterocycles. The molecule has 3 aromatic rings. The van der Waals surface area contributed by atoms with E-state index in [4.69, 9.17) is 27.5 Å². The third-order valence-electron chi connectivity index (χ3n) is 5.28. The van der Waals surface area contributed by atoms with Crippen LogP contribution in [0.15, 0.2) is 82.6 Å². The zero-order chi connectivity index (χ0) is 25.1. The van der Waals surface area contributed by atoms with Crippen molar-refractivity contribution in [1.29, 1.82) is 0 Å². The van der Waals surface area contributed by atoms with Crippen LogP contribution >= 0.6 is 23.4 Å². The molecule has 0 aliphatic heterocycles. The maximum atomic E-state index is 11.1. The van der Waals surface area contributed by atoms with E-state index in [0.29, 0.717) is 17.9 Å². The number of hydrogen-bond acceptors (Lipinski definition) is 4. The van der Waals surface area contributed by atoms with E-state index in [9.17, 15) is 9.59 Å². The van der Waals surface area contributed by atoms with E-state index < -0.39 is 17.5 Å². The Bertz CT molecular complexity index is 1090. The van der Waals surface area contributed by atoms with Crippen LogP contribution in [0.3, 0.4) is 0 Å². The van der Waals surface area contributed by atoms with E-state index in [1.165, 1.54) is 11.1 Å². The van der Waals surface area contributed by atoms with Crippen molar-refractivity contribution < 1.29 is 19.8 Å². The monoisotopic (exact) mass is 499 g/mol. The molecule has 0 amide bonds. The van der Waals surface area contributed by atoms with Gasteiger partial charge in [0.15, 0.2) is 0 Å². The highest BCUT2D eigenvalue weighted by Crippen LogP contribution is 2.32. The van der Waals surface area contributed by atoms with E-state index in [1.54, 1.807) is 11.8 Å². The van der Waals surface area contributed by atoms with E-state index in [1.807, 2.05) is 49.4 Å². The van der Waals surface area contributed by atoms with Crippen molar-refractivity contribution >= 4 is 35.3 Å². The highest BCUT2D eigenvalue weighted by Gasteiger charge is 2.41. The number of rotatable bonds is 9. The zero-order valence-electron chi connectivity index (χ0n) is 19.3. The number of nitrogens with two attached hydrogens (primary N) is 1. The summed E-state index contributed by atoms with van der Waals surface area (Å²) in [6, 6.07) is 24.3. The zero-order valence-corrected chi connectivity index (χ0v) is 20.9. The summed E-state index contributed by atoms with van der Waals surface area (Å²) in [4.78, 5) is 24.3. The van der Waals surface area contributed by atoms with Crippen molar-refractivity contribution in [2.75, 3.05) is 0 Å². The largest absolute Gasteiger partial charge is 0.479 e. The smallest absolute Gasteiger partial charge is 0.335 e. The number of aryl methyl sites for hydroxylation is 3. The summed E-state index contributed by atoms with van der Waals surface area (Å²) in [5.41, 5.74) is 6.62. The maximum Gasteiger partial charge on any atom is 0.335 e. The Labute approximate surface area is 210 Å². The highest BCUT2D eigenvalue weighted by molar-refractivity contribution is 7.99. The van der Waals surface area contributed by atoms with Gasteiger partial charge in [-0.2, -0.15) is 0 Å². The second-order valence-electron chi connectivity index (χ2n) is 7.95. The third kappa shape index (κ3) is 8.20. The summed E-state index contributed by atoms with van der Waals surface area (Å²) in [6.07, 6.45) is 1.72. The molecule has 0 heterocycles. The molecular formula is C27H30ClNO4S. The average molecular weight is 500 g/mol. The first-order valence-corrected chi connectivity index (χ1v) is 12.2. The lowest BCUT2D eigenvalue weighted by molar-refractivity contribution is -0.157. The fourth-order valence-corrected chi connectivity index (χ4v) is 4.50. The number of carboxylic acids is 2. The maximum absolute atomic E-state index is 11.1. The van der Waals surface area contributed by atoms with Gasteiger partial charge in [-0.05, 0) is 68.0 Å². The first-order valence-electron chi connectivity index (χ1n) is 11.0. The molecular weight excluding hydrogens is 470 g/mol. The molecule has 0 saturated carbocycles. The lowest BCUT2D eigenvalue weighted by Crippen LogP contribution is -2.54. The number of halogens is 1. The van der Waals surface area contributed by atoms with Gasteiger partial charge in [-0.3, -0.25) is 0 Å². The van der Waals surface area contributed by atoms with Crippen LogP contribution in [-0.4, -0.2) is 27.7 Å². The van der Waals surface area contributed by atoms with Crippen LogP contribution in [0.25, 0.3) is 0 Å². The van der Waals surface area contributed by atoms with Crippen LogP contribution in [0, 0.1) is 6.92 Å². The van der Waals surface area contributed by atoms with Gasteiger partial charge in [-0.1, -0.05) is 84.4 Å². The fraction of sp³-hybridized carbons (Fsp3) is 0.259. The van der Waals surface area contributed by atoms with Gasteiger partial charge in [0.25, 0.3) is 0 Å². The topological polar surface area (TPSA) is 101 Å². The summed E-state index contributed by atoms with van der Waals surface area (Å²) in [5, 5.41) is 18.6. The minimum atomic E-state index is -2.27.